The van der Waals surface area contributed by atoms with Crippen molar-refractivity contribution < 1.29 is 4.79 Å². The van der Waals surface area contributed by atoms with E-state index in [1.54, 1.807) is 18.2 Å². The van der Waals surface area contributed by atoms with Gasteiger partial charge < -0.3 is 9.88 Å². The lowest BCUT2D eigenvalue weighted by Crippen LogP contribution is -2.48. The highest BCUT2D eigenvalue weighted by atomic mass is 32.1. The number of carbonyl (C=O) groups is 1. The normalized spacial score (nSPS) is 14.9. The quantitative estimate of drug-likeness (QED) is 0.487. The van der Waals surface area contributed by atoms with Gasteiger partial charge in [0.1, 0.15) is 0 Å². The van der Waals surface area contributed by atoms with E-state index >= 15 is 0 Å². The molecule has 0 radical (unpaired) electrons. The fraction of sp³-hybridized carbons (Fsp3) is 0.217. The van der Waals surface area contributed by atoms with E-state index in [9.17, 15) is 9.59 Å². The second-order valence-electron chi connectivity index (χ2n) is 7.73. The predicted octanol–water partition coefficient (Wildman–Crippen LogP) is 3.09. The van der Waals surface area contributed by atoms with E-state index in [-0.39, 0.29) is 16.2 Å². The minimum Gasteiger partial charge on any atom is -0.336 e. The SMILES string of the molecule is O=C(c1ccc2c(=O)[nH]c(=S)[nH]c2c1)N1CCN(Cc2cccc3cccnc23)CC1. The molecule has 1 saturated heterocycles. The molecule has 7 nitrogen and oxygen atoms in total. The molecule has 3 heterocycles. The monoisotopic (exact) mass is 431 g/mol. The molecule has 0 aliphatic carbocycles. The first-order valence-electron chi connectivity index (χ1n) is 10.2. The Morgan fingerprint density at radius 3 is 2.68 bits per heavy atom. The number of amides is 1. The molecule has 0 bridgehead atoms. The lowest BCUT2D eigenvalue weighted by atomic mass is 10.1. The molecule has 31 heavy (non-hydrogen) atoms. The summed E-state index contributed by atoms with van der Waals surface area (Å²) in [7, 11) is 0. The Morgan fingerprint density at radius 2 is 1.84 bits per heavy atom. The van der Waals surface area contributed by atoms with Gasteiger partial charge in [0.25, 0.3) is 11.5 Å². The molecule has 4 aromatic rings. The number of fused-ring (bicyclic) bond motifs is 2. The Bertz CT molecular complexity index is 1400. The summed E-state index contributed by atoms with van der Waals surface area (Å²) in [5.74, 6) is -0.0343. The molecular weight excluding hydrogens is 410 g/mol. The van der Waals surface area contributed by atoms with Crippen molar-refractivity contribution in [2.45, 2.75) is 6.54 Å². The van der Waals surface area contributed by atoms with Crippen LogP contribution in [0.15, 0.2) is 59.5 Å². The molecular formula is C23H21N5O2S. The number of para-hydroxylation sites is 1. The van der Waals surface area contributed by atoms with Crippen LogP contribution in [0.5, 0.6) is 0 Å². The van der Waals surface area contributed by atoms with Crippen LogP contribution in [0.25, 0.3) is 21.8 Å². The van der Waals surface area contributed by atoms with Gasteiger partial charge in [0.2, 0.25) is 0 Å². The molecule has 0 atom stereocenters. The zero-order chi connectivity index (χ0) is 21.4. The average molecular weight is 432 g/mol. The molecule has 0 spiro atoms. The van der Waals surface area contributed by atoms with E-state index in [0.717, 1.165) is 30.5 Å². The van der Waals surface area contributed by atoms with Crippen LogP contribution in [0.1, 0.15) is 15.9 Å². The third-order valence-corrected chi connectivity index (χ3v) is 5.96. The van der Waals surface area contributed by atoms with Crippen LogP contribution in [-0.2, 0) is 6.54 Å². The summed E-state index contributed by atoms with van der Waals surface area (Å²) >= 11 is 5.04. The standard InChI is InChI=1S/C23H21N5O2S/c29-21-18-7-6-16(13-19(18)25-23(31)26-21)22(30)28-11-9-27(10-12-28)14-17-4-1-3-15-5-2-8-24-20(15)17/h1-8,13H,9-12,14H2,(H2,25,26,29,31). The van der Waals surface area contributed by atoms with Crippen molar-refractivity contribution in [3.63, 3.8) is 0 Å². The van der Waals surface area contributed by atoms with Crippen LogP contribution in [0.4, 0.5) is 0 Å². The molecule has 2 aromatic carbocycles. The summed E-state index contributed by atoms with van der Waals surface area (Å²) in [6.07, 6.45) is 1.83. The van der Waals surface area contributed by atoms with Crippen LogP contribution < -0.4 is 5.56 Å². The number of hydrogen-bond acceptors (Lipinski definition) is 5. The first-order chi connectivity index (χ1) is 15.1. The van der Waals surface area contributed by atoms with E-state index in [2.05, 4.69) is 44.1 Å². The van der Waals surface area contributed by atoms with Crippen LogP contribution in [0, 0.1) is 4.77 Å². The molecule has 1 aliphatic heterocycles. The molecule has 5 rings (SSSR count). The summed E-state index contributed by atoms with van der Waals surface area (Å²) in [6.45, 7) is 3.71. The van der Waals surface area contributed by atoms with Gasteiger partial charge in [-0.2, -0.15) is 0 Å². The smallest absolute Gasteiger partial charge is 0.259 e. The van der Waals surface area contributed by atoms with Crippen molar-refractivity contribution in [1.29, 1.82) is 0 Å². The molecule has 8 heteroatoms. The van der Waals surface area contributed by atoms with E-state index in [0.29, 0.717) is 29.6 Å². The summed E-state index contributed by atoms with van der Waals surface area (Å²) in [5, 5.41) is 1.63. The number of H-pyrrole nitrogens is 2. The molecule has 0 unspecified atom stereocenters. The lowest BCUT2D eigenvalue weighted by Gasteiger charge is -2.35. The highest BCUT2D eigenvalue weighted by Gasteiger charge is 2.23. The van der Waals surface area contributed by atoms with Gasteiger partial charge in [0, 0.05) is 49.9 Å². The first kappa shape index (κ1) is 19.6. The number of piperazine rings is 1. The lowest BCUT2D eigenvalue weighted by molar-refractivity contribution is 0.0629. The summed E-state index contributed by atoms with van der Waals surface area (Å²) < 4.78 is 0.249. The van der Waals surface area contributed by atoms with Crippen LogP contribution in [-0.4, -0.2) is 56.8 Å². The van der Waals surface area contributed by atoms with Crippen molar-refractivity contribution in [3.8, 4) is 0 Å². The number of aromatic amines is 2. The van der Waals surface area contributed by atoms with Gasteiger partial charge in [-0.1, -0.05) is 24.3 Å². The summed E-state index contributed by atoms with van der Waals surface area (Å²) in [5.41, 5.74) is 3.10. The highest BCUT2D eigenvalue weighted by molar-refractivity contribution is 7.71. The third-order valence-electron chi connectivity index (χ3n) is 5.76. The van der Waals surface area contributed by atoms with Gasteiger partial charge >= 0.3 is 0 Å². The number of aromatic nitrogens is 3. The Kier molecular flexibility index (Phi) is 5.09. The Balaban J connectivity index is 1.29. The van der Waals surface area contributed by atoms with Gasteiger partial charge in [-0.15, -0.1) is 0 Å². The second-order valence-corrected chi connectivity index (χ2v) is 8.14. The molecule has 1 fully saturated rings. The molecule has 1 aliphatic rings. The maximum absolute atomic E-state index is 13.0. The molecule has 2 N–H and O–H groups in total. The maximum Gasteiger partial charge on any atom is 0.259 e. The van der Waals surface area contributed by atoms with Crippen molar-refractivity contribution >= 4 is 39.9 Å². The zero-order valence-electron chi connectivity index (χ0n) is 16.8. The minimum absolute atomic E-state index is 0.0343. The number of pyridine rings is 1. The Morgan fingerprint density at radius 1 is 1.03 bits per heavy atom. The van der Waals surface area contributed by atoms with E-state index < -0.39 is 0 Å². The van der Waals surface area contributed by atoms with Gasteiger partial charge in [0.05, 0.1) is 16.4 Å². The maximum atomic E-state index is 13.0. The van der Waals surface area contributed by atoms with Crippen LogP contribution in [0.2, 0.25) is 0 Å². The number of nitrogens with zero attached hydrogens (tertiary/aromatic N) is 3. The van der Waals surface area contributed by atoms with Gasteiger partial charge in [-0.3, -0.25) is 24.5 Å². The predicted molar refractivity (Wildman–Crippen MR) is 123 cm³/mol. The van der Waals surface area contributed by atoms with E-state index in [4.69, 9.17) is 12.2 Å². The molecule has 156 valence electrons. The number of nitrogens with one attached hydrogen (secondary N) is 2. The van der Waals surface area contributed by atoms with E-state index in [1.165, 1.54) is 5.56 Å². The molecule has 1 amide bonds. The van der Waals surface area contributed by atoms with Crippen LogP contribution >= 0.6 is 12.2 Å². The summed E-state index contributed by atoms with van der Waals surface area (Å²) in [6, 6.07) is 15.4. The van der Waals surface area contributed by atoms with Crippen molar-refractivity contribution in [2.75, 3.05) is 26.2 Å². The van der Waals surface area contributed by atoms with Crippen LogP contribution in [0.3, 0.4) is 0 Å². The minimum atomic E-state index is -0.255. The van der Waals surface area contributed by atoms with Crippen molar-refractivity contribution in [1.82, 2.24) is 24.8 Å². The fourth-order valence-electron chi connectivity index (χ4n) is 4.13. The third kappa shape index (κ3) is 3.87. The fourth-order valence-corrected chi connectivity index (χ4v) is 4.33. The molecule has 2 aromatic heterocycles. The average Bonchev–Trinajstić information content (AvgIpc) is 2.79. The Labute approximate surface area is 183 Å². The van der Waals surface area contributed by atoms with Gasteiger partial charge in [-0.05, 0) is 42.0 Å². The van der Waals surface area contributed by atoms with Gasteiger partial charge in [0.15, 0.2) is 4.77 Å². The summed E-state index contributed by atoms with van der Waals surface area (Å²) in [4.78, 5) is 39.3. The topological polar surface area (TPSA) is 85.1 Å². The second kappa shape index (κ2) is 8.05. The number of carbonyl (C=O) groups excluding carboxylic acids is 1. The van der Waals surface area contributed by atoms with E-state index in [1.807, 2.05) is 17.2 Å². The first-order valence-corrected chi connectivity index (χ1v) is 10.6. The molecule has 0 saturated carbocycles. The number of hydrogen-bond donors (Lipinski definition) is 2. The zero-order valence-corrected chi connectivity index (χ0v) is 17.6. The largest absolute Gasteiger partial charge is 0.336 e. The number of rotatable bonds is 3. The van der Waals surface area contributed by atoms with Crippen molar-refractivity contribution in [3.05, 3.63) is 81.0 Å². The highest BCUT2D eigenvalue weighted by Crippen LogP contribution is 2.19. The van der Waals surface area contributed by atoms with Crippen molar-refractivity contribution in [2.24, 2.45) is 0 Å². The Hall–Kier alpha value is -3.36. The van der Waals surface area contributed by atoms with Gasteiger partial charge in [-0.25, -0.2) is 0 Å². The number of benzene rings is 2.